The summed E-state index contributed by atoms with van der Waals surface area (Å²) in [5.74, 6) is 0. The summed E-state index contributed by atoms with van der Waals surface area (Å²) in [4.78, 5) is 13.4. The minimum Gasteiger partial charge on any atom is -0.254 e. The zero-order chi connectivity index (χ0) is 24.9. The second-order valence-corrected chi connectivity index (χ2v) is 9.91. The van der Waals surface area contributed by atoms with Crippen molar-refractivity contribution in [2.24, 2.45) is 0 Å². The van der Waals surface area contributed by atoms with Crippen LogP contribution in [0.3, 0.4) is 0 Å². The Morgan fingerprint density at radius 1 is 0.811 bits per heavy atom. The van der Waals surface area contributed by atoms with E-state index in [1.54, 1.807) is 35.7 Å². The lowest BCUT2D eigenvalue weighted by Crippen LogP contribution is -1.89. The van der Waals surface area contributed by atoms with Crippen LogP contribution in [0.1, 0.15) is 5.56 Å². The van der Waals surface area contributed by atoms with E-state index in [-0.39, 0.29) is 0 Å². The fraction of sp³-hybridized carbons (Fsp3) is 0. The Kier molecular flexibility index (Phi) is 4.72. The van der Waals surface area contributed by atoms with Crippen molar-refractivity contribution in [3.8, 4) is 28.5 Å². The largest absolute Gasteiger partial charge is 0.254 e. The Balaban J connectivity index is 1.50. The standard InChI is InChI=1S/C32H16N4S/c1-34-26-8-2-5-22(18-33)29(26)23-7-3-9-28-30(23)24-17-21(13-15-27(24)37-28)25-14-12-20-11-10-19-6-4-16-35-31(19)32(20)36-25/h2-17H. The van der Waals surface area contributed by atoms with Gasteiger partial charge in [-0.15, -0.1) is 11.3 Å². The summed E-state index contributed by atoms with van der Waals surface area (Å²) < 4.78 is 2.27. The summed E-state index contributed by atoms with van der Waals surface area (Å²) in [6.45, 7) is 7.71. The van der Waals surface area contributed by atoms with Crippen molar-refractivity contribution in [1.29, 1.82) is 5.26 Å². The van der Waals surface area contributed by atoms with Crippen molar-refractivity contribution in [2.45, 2.75) is 0 Å². The summed E-state index contributed by atoms with van der Waals surface area (Å²) in [7, 11) is 0. The minimum absolute atomic E-state index is 0.484. The van der Waals surface area contributed by atoms with E-state index < -0.39 is 0 Å². The summed E-state index contributed by atoms with van der Waals surface area (Å²) in [5.41, 5.74) is 6.26. The lowest BCUT2D eigenvalue weighted by molar-refractivity contribution is 1.37. The minimum atomic E-state index is 0.484. The molecule has 0 spiro atoms. The van der Waals surface area contributed by atoms with Gasteiger partial charge in [0, 0.05) is 53.8 Å². The molecule has 0 radical (unpaired) electrons. The predicted octanol–water partition coefficient (Wildman–Crippen LogP) is 8.91. The lowest BCUT2D eigenvalue weighted by Gasteiger charge is -2.10. The third kappa shape index (κ3) is 3.27. The molecule has 37 heavy (non-hydrogen) atoms. The smallest absolute Gasteiger partial charge is 0.196 e. The fourth-order valence-corrected chi connectivity index (χ4v) is 6.20. The van der Waals surface area contributed by atoms with Gasteiger partial charge in [0.2, 0.25) is 0 Å². The molecule has 0 bridgehead atoms. The van der Waals surface area contributed by atoms with Crippen molar-refractivity contribution in [1.82, 2.24) is 9.97 Å². The summed E-state index contributed by atoms with van der Waals surface area (Å²) in [5, 5.41) is 14.1. The molecule has 7 aromatic rings. The van der Waals surface area contributed by atoms with E-state index in [1.165, 1.54) is 0 Å². The number of thiophene rings is 1. The Bertz CT molecular complexity index is 2090. The first kappa shape index (κ1) is 21.2. The quantitative estimate of drug-likeness (QED) is 0.180. The van der Waals surface area contributed by atoms with Gasteiger partial charge in [-0.25, -0.2) is 9.83 Å². The van der Waals surface area contributed by atoms with Crippen LogP contribution in [0.25, 0.3) is 69.2 Å². The molecule has 0 aliphatic carbocycles. The fourth-order valence-electron chi connectivity index (χ4n) is 5.09. The monoisotopic (exact) mass is 488 g/mol. The first-order valence-corrected chi connectivity index (χ1v) is 12.6. The van der Waals surface area contributed by atoms with Crippen LogP contribution < -0.4 is 0 Å². The molecule has 0 aliphatic heterocycles. The SMILES string of the molecule is [C-]#[N+]c1cccc(C#N)c1-c1cccc2sc3ccc(-c4ccc5ccc6cccnc6c5n4)cc3c12. The van der Waals surface area contributed by atoms with Gasteiger partial charge in [-0.05, 0) is 42.0 Å². The number of nitrogens with zero attached hydrogens (tertiary/aromatic N) is 4. The zero-order valence-electron chi connectivity index (χ0n) is 19.4. The molecule has 7 rings (SSSR count). The highest BCUT2D eigenvalue weighted by molar-refractivity contribution is 7.26. The number of hydrogen-bond donors (Lipinski definition) is 0. The van der Waals surface area contributed by atoms with Crippen LogP contribution in [-0.2, 0) is 0 Å². The molecule has 0 amide bonds. The van der Waals surface area contributed by atoms with Crippen LogP contribution in [0.4, 0.5) is 5.69 Å². The van der Waals surface area contributed by atoms with E-state index in [0.717, 1.165) is 58.8 Å². The van der Waals surface area contributed by atoms with E-state index in [4.69, 9.17) is 11.6 Å². The van der Waals surface area contributed by atoms with Crippen molar-refractivity contribution in [3.63, 3.8) is 0 Å². The highest BCUT2D eigenvalue weighted by Crippen LogP contribution is 2.44. The molecule has 170 valence electrons. The maximum atomic E-state index is 9.83. The van der Waals surface area contributed by atoms with Crippen molar-refractivity contribution >= 4 is 59.0 Å². The second kappa shape index (κ2) is 8.24. The highest BCUT2D eigenvalue weighted by Gasteiger charge is 2.17. The lowest BCUT2D eigenvalue weighted by atomic mass is 9.94. The first-order valence-electron chi connectivity index (χ1n) is 11.8. The number of hydrogen-bond acceptors (Lipinski definition) is 4. The van der Waals surface area contributed by atoms with Crippen molar-refractivity contribution < 1.29 is 0 Å². The van der Waals surface area contributed by atoms with Gasteiger partial charge in [0.1, 0.15) is 0 Å². The van der Waals surface area contributed by atoms with Crippen LogP contribution in [0.15, 0.2) is 97.2 Å². The van der Waals surface area contributed by atoms with Crippen LogP contribution in [0, 0.1) is 17.9 Å². The number of fused-ring (bicyclic) bond motifs is 6. The Morgan fingerprint density at radius 2 is 1.65 bits per heavy atom. The van der Waals surface area contributed by atoms with Crippen LogP contribution >= 0.6 is 11.3 Å². The molecule has 4 nitrogen and oxygen atoms in total. The van der Waals surface area contributed by atoms with E-state index in [9.17, 15) is 5.26 Å². The van der Waals surface area contributed by atoms with Gasteiger partial charge in [-0.1, -0.05) is 54.6 Å². The zero-order valence-corrected chi connectivity index (χ0v) is 20.3. The van der Waals surface area contributed by atoms with E-state index >= 15 is 0 Å². The van der Waals surface area contributed by atoms with E-state index in [0.29, 0.717) is 16.8 Å². The molecule has 3 aromatic heterocycles. The molecule has 0 saturated heterocycles. The van der Waals surface area contributed by atoms with Crippen molar-refractivity contribution in [3.05, 3.63) is 114 Å². The number of rotatable bonds is 2. The Hall–Kier alpha value is -5.10. The molecule has 0 atom stereocenters. The molecule has 0 unspecified atom stereocenters. The van der Waals surface area contributed by atoms with Crippen LogP contribution in [0.5, 0.6) is 0 Å². The third-order valence-electron chi connectivity index (χ3n) is 6.78. The number of benzene rings is 4. The molecule has 0 N–H and O–H groups in total. The maximum Gasteiger partial charge on any atom is 0.196 e. The average Bonchev–Trinajstić information content (AvgIpc) is 3.34. The van der Waals surface area contributed by atoms with Gasteiger partial charge in [0.25, 0.3) is 0 Å². The molecule has 0 aliphatic rings. The molecular weight excluding hydrogens is 472 g/mol. The third-order valence-corrected chi connectivity index (χ3v) is 7.91. The highest BCUT2D eigenvalue weighted by atomic mass is 32.1. The van der Waals surface area contributed by atoms with Gasteiger partial charge in [-0.2, -0.15) is 5.26 Å². The van der Waals surface area contributed by atoms with E-state index in [1.807, 2.05) is 18.2 Å². The molecule has 0 saturated carbocycles. The average molecular weight is 489 g/mol. The molecular formula is C32H16N4S. The van der Waals surface area contributed by atoms with Gasteiger partial charge in [0.15, 0.2) is 5.69 Å². The van der Waals surface area contributed by atoms with Gasteiger partial charge < -0.3 is 0 Å². The van der Waals surface area contributed by atoms with Crippen LogP contribution in [0.2, 0.25) is 0 Å². The number of nitriles is 1. The molecule has 3 heterocycles. The molecule has 4 aromatic carbocycles. The van der Waals surface area contributed by atoms with Gasteiger partial charge in [0.05, 0.1) is 29.4 Å². The van der Waals surface area contributed by atoms with Gasteiger partial charge >= 0.3 is 0 Å². The number of aromatic nitrogens is 2. The van der Waals surface area contributed by atoms with Crippen molar-refractivity contribution in [2.75, 3.05) is 0 Å². The topological polar surface area (TPSA) is 53.9 Å². The number of pyridine rings is 2. The maximum absolute atomic E-state index is 9.83. The Morgan fingerprint density at radius 3 is 2.51 bits per heavy atom. The summed E-state index contributed by atoms with van der Waals surface area (Å²) in [6.07, 6.45) is 1.80. The summed E-state index contributed by atoms with van der Waals surface area (Å²) >= 11 is 1.71. The first-order chi connectivity index (χ1) is 18.2. The molecule has 0 fully saturated rings. The second-order valence-electron chi connectivity index (χ2n) is 8.82. The van der Waals surface area contributed by atoms with E-state index in [2.05, 4.69) is 70.5 Å². The predicted molar refractivity (Wildman–Crippen MR) is 152 cm³/mol. The summed E-state index contributed by atoms with van der Waals surface area (Å²) in [6, 6.07) is 32.4. The van der Waals surface area contributed by atoms with Crippen LogP contribution in [-0.4, -0.2) is 9.97 Å². The van der Waals surface area contributed by atoms with Gasteiger partial charge in [-0.3, -0.25) is 4.98 Å². The normalized spacial score (nSPS) is 11.2. The Labute approximate surface area is 216 Å². The molecule has 5 heteroatoms.